The Labute approximate surface area is 132 Å². The fourth-order valence-electron chi connectivity index (χ4n) is 0.713. The topological polar surface area (TPSA) is 24.5 Å². The van der Waals surface area contributed by atoms with Crippen LogP contribution in [-0.4, -0.2) is 45.3 Å². The van der Waals surface area contributed by atoms with Gasteiger partial charge in [-0.1, -0.05) is 13.8 Å². The number of hydrogen-bond acceptors (Lipinski definition) is 3. The van der Waals surface area contributed by atoms with Gasteiger partial charge in [-0.05, 0) is 27.1 Å². The van der Waals surface area contributed by atoms with Crippen LogP contribution in [0, 0.1) is 7.05 Å². The largest absolute Gasteiger partial charge is 1.00 e. The molecule has 3 nitrogen and oxygen atoms in total. The van der Waals surface area contributed by atoms with Crippen LogP contribution >= 0.6 is 0 Å². The molecule has 0 rings (SSSR count). The normalized spacial score (nSPS) is 9.00. The van der Waals surface area contributed by atoms with Gasteiger partial charge in [0.2, 0.25) is 0 Å². The van der Waals surface area contributed by atoms with Crippen molar-refractivity contribution in [2.75, 3.05) is 40.4 Å². The summed E-state index contributed by atoms with van der Waals surface area (Å²) >= 11 is 0. The molecule has 0 fully saturated rings. The third kappa shape index (κ3) is 23.4. The molecule has 0 heterocycles. The van der Waals surface area contributed by atoms with Crippen LogP contribution < -0.4 is 56.7 Å². The first-order valence-corrected chi connectivity index (χ1v) is 5.01. The molecule has 4 heteroatoms. The van der Waals surface area contributed by atoms with Crippen LogP contribution in [0.15, 0.2) is 0 Å². The van der Waals surface area contributed by atoms with Gasteiger partial charge in [0.1, 0.15) is 0 Å². The van der Waals surface area contributed by atoms with E-state index < -0.39 is 0 Å². The Morgan fingerprint density at radius 1 is 1.29 bits per heavy atom. The van der Waals surface area contributed by atoms with E-state index in [2.05, 4.69) is 12.4 Å². The van der Waals surface area contributed by atoms with E-state index in [4.69, 9.17) is 4.74 Å². The minimum Gasteiger partial charge on any atom is -0.462 e. The van der Waals surface area contributed by atoms with Gasteiger partial charge < -0.3 is 15.0 Å². The van der Waals surface area contributed by atoms with Crippen molar-refractivity contribution in [2.24, 2.45) is 0 Å². The quantitative estimate of drug-likeness (QED) is 0.322. The molecule has 0 saturated heterocycles. The predicted molar refractivity (Wildman–Crippen MR) is 58.7 cm³/mol. The molecule has 0 aliphatic heterocycles. The zero-order valence-electron chi connectivity index (χ0n) is 10.6. The standard InChI is InChI=1S/C8H19N2O.C2H6.K/c1-9-5-8-11-7-4-6-10(2)3;1-2;/h9H,2,4-8H2,1,3H3;1-2H3;/q-1;;+1. The van der Waals surface area contributed by atoms with Gasteiger partial charge in [-0.15, -0.1) is 0 Å². The van der Waals surface area contributed by atoms with Crippen LogP contribution in [0.1, 0.15) is 20.3 Å². The number of hydrogen-bond donors (Lipinski definition) is 1. The van der Waals surface area contributed by atoms with Gasteiger partial charge in [0.05, 0.1) is 6.61 Å². The molecule has 0 bridgehead atoms. The summed E-state index contributed by atoms with van der Waals surface area (Å²) in [5, 5.41) is 3.02. The maximum Gasteiger partial charge on any atom is 1.00 e. The molecule has 0 aromatic rings. The molecule has 0 aromatic carbocycles. The molecule has 0 radical (unpaired) electrons. The monoisotopic (exact) mass is 228 g/mol. The third-order valence-corrected chi connectivity index (χ3v) is 1.32. The van der Waals surface area contributed by atoms with Crippen molar-refractivity contribution in [1.82, 2.24) is 10.2 Å². The Morgan fingerprint density at radius 2 is 1.86 bits per heavy atom. The van der Waals surface area contributed by atoms with E-state index >= 15 is 0 Å². The van der Waals surface area contributed by atoms with E-state index in [1.807, 2.05) is 32.8 Å². The Hall–Kier alpha value is 1.52. The molecular weight excluding hydrogens is 203 g/mol. The maximum atomic E-state index is 5.31. The molecular formula is C10H25KN2O. The summed E-state index contributed by atoms with van der Waals surface area (Å²) in [6.07, 6.45) is 1.06. The van der Waals surface area contributed by atoms with Crippen molar-refractivity contribution in [3.63, 3.8) is 0 Å². The Kier molecular flexibility index (Phi) is 29.8. The van der Waals surface area contributed by atoms with Crippen LogP contribution in [0.3, 0.4) is 0 Å². The van der Waals surface area contributed by atoms with E-state index in [0.29, 0.717) is 0 Å². The second-order valence-corrected chi connectivity index (χ2v) is 2.65. The SMILES string of the molecule is CC.[CH2-]N(C)CCCOCCNC.[K+]. The van der Waals surface area contributed by atoms with Crippen molar-refractivity contribution >= 4 is 0 Å². The first-order chi connectivity index (χ1) is 6.27. The first kappa shape index (κ1) is 20.9. The summed E-state index contributed by atoms with van der Waals surface area (Å²) < 4.78 is 5.31. The van der Waals surface area contributed by atoms with E-state index in [1.54, 1.807) is 0 Å². The smallest absolute Gasteiger partial charge is 0.462 e. The van der Waals surface area contributed by atoms with E-state index in [9.17, 15) is 0 Å². The van der Waals surface area contributed by atoms with Crippen molar-refractivity contribution in [3.05, 3.63) is 7.05 Å². The van der Waals surface area contributed by atoms with Crippen molar-refractivity contribution < 1.29 is 56.1 Å². The van der Waals surface area contributed by atoms with Gasteiger partial charge in [0, 0.05) is 13.2 Å². The number of nitrogens with one attached hydrogen (secondary N) is 1. The van der Waals surface area contributed by atoms with Crippen molar-refractivity contribution in [3.8, 4) is 0 Å². The average molecular weight is 228 g/mol. The van der Waals surface area contributed by atoms with E-state index in [0.717, 1.165) is 32.7 Å². The molecule has 14 heavy (non-hydrogen) atoms. The molecule has 1 N–H and O–H groups in total. The molecule has 0 amide bonds. The molecule has 0 unspecified atom stereocenters. The summed E-state index contributed by atoms with van der Waals surface area (Å²) in [5.41, 5.74) is 0. The Bertz CT molecular complexity index is 82.5. The van der Waals surface area contributed by atoms with Gasteiger partial charge in [0.25, 0.3) is 0 Å². The number of rotatable bonds is 7. The fourth-order valence-corrected chi connectivity index (χ4v) is 0.713. The molecule has 82 valence electrons. The van der Waals surface area contributed by atoms with Crippen molar-refractivity contribution in [1.29, 1.82) is 0 Å². The van der Waals surface area contributed by atoms with Gasteiger partial charge in [0.15, 0.2) is 0 Å². The summed E-state index contributed by atoms with van der Waals surface area (Å²) in [7, 11) is 7.63. The second-order valence-electron chi connectivity index (χ2n) is 2.65. The summed E-state index contributed by atoms with van der Waals surface area (Å²) in [5.74, 6) is 0. The average Bonchev–Trinajstić information content (AvgIpc) is 2.14. The molecule has 0 aliphatic carbocycles. The molecule has 0 atom stereocenters. The van der Waals surface area contributed by atoms with Crippen LogP contribution in [-0.2, 0) is 4.74 Å². The van der Waals surface area contributed by atoms with Crippen LogP contribution in [0.2, 0.25) is 0 Å². The van der Waals surface area contributed by atoms with E-state index in [-0.39, 0.29) is 51.4 Å². The number of likely N-dealkylation sites (N-methyl/N-ethyl adjacent to an activating group) is 1. The summed E-state index contributed by atoms with van der Waals surface area (Å²) in [6.45, 7) is 7.57. The number of nitrogens with zero attached hydrogens (tertiary/aromatic N) is 1. The Balaban J connectivity index is -0.000000376. The van der Waals surface area contributed by atoms with Gasteiger partial charge in [-0.3, -0.25) is 7.05 Å². The van der Waals surface area contributed by atoms with Crippen molar-refractivity contribution in [2.45, 2.75) is 20.3 Å². The molecule has 0 spiro atoms. The molecule has 0 saturated carbocycles. The third-order valence-electron chi connectivity index (χ3n) is 1.32. The zero-order chi connectivity index (χ0) is 10.5. The summed E-state index contributed by atoms with van der Waals surface area (Å²) in [4.78, 5) is 1.92. The Morgan fingerprint density at radius 3 is 2.29 bits per heavy atom. The van der Waals surface area contributed by atoms with Crippen LogP contribution in [0.5, 0.6) is 0 Å². The van der Waals surface area contributed by atoms with Crippen LogP contribution in [0.25, 0.3) is 0 Å². The maximum absolute atomic E-state index is 5.31. The van der Waals surface area contributed by atoms with Crippen LogP contribution in [0.4, 0.5) is 0 Å². The molecule has 0 aliphatic rings. The van der Waals surface area contributed by atoms with Gasteiger partial charge in [-0.2, -0.15) is 0 Å². The first-order valence-electron chi connectivity index (χ1n) is 5.01. The minimum atomic E-state index is 0. The predicted octanol–water partition coefficient (Wildman–Crippen LogP) is -1.63. The van der Waals surface area contributed by atoms with Gasteiger partial charge >= 0.3 is 51.4 Å². The number of ether oxygens (including phenoxy) is 1. The second kappa shape index (κ2) is 20.0. The van der Waals surface area contributed by atoms with E-state index in [1.165, 1.54) is 0 Å². The summed E-state index contributed by atoms with van der Waals surface area (Å²) in [6, 6.07) is 0. The zero-order valence-corrected chi connectivity index (χ0v) is 13.7. The fraction of sp³-hybridized carbons (Fsp3) is 0.900. The van der Waals surface area contributed by atoms with Gasteiger partial charge in [-0.25, -0.2) is 0 Å². The molecule has 0 aromatic heterocycles. The minimum absolute atomic E-state index is 0.